The second kappa shape index (κ2) is 6.12. The van der Waals surface area contributed by atoms with Crippen molar-refractivity contribution < 1.29 is 21.9 Å². The maximum atomic E-state index is 5.57. The molecule has 0 saturated heterocycles. The Hall–Kier alpha value is -0.930. The number of fused-ring (bicyclic) bond motifs is 1. The van der Waals surface area contributed by atoms with Crippen molar-refractivity contribution in [3.8, 4) is 11.5 Å². The van der Waals surface area contributed by atoms with E-state index in [1.54, 1.807) is 0 Å². The Kier molecular flexibility index (Phi) is 5.09. The lowest BCUT2D eigenvalue weighted by Gasteiger charge is -2.22. The third kappa shape index (κ3) is 3.51. The van der Waals surface area contributed by atoms with Gasteiger partial charge in [-0.05, 0) is 45.1 Å². The van der Waals surface area contributed by atoms with Crippen molar-refractivity contribution in [3.63, 3.8) is 0 Å². The molecule has 1 aliphatic heterocycles. The van der Waals surface area contributed by atoms with Crippen LogP contribution < -0.4 is 21.9 Å². The highest BCUT2D eigenvalue weighted by molar-refractivity contribution is 5.43. The minimum Gasteiger partial charge on any atom is -1.00 e. The molecule has 0 saturated carbocycles. The minimum atomic E-state index is 0. The summed E-state index contributed by atoms with van der Waals surface area (Å²) in [4.78, 5) is 2.22. The van der Waals surface area contributed by atoms with Gasteiger partial charge in [0.2, 0.25) is 0 Å². The molecule has 1 atom stereocenters. The predicted molar refractivity (Wildman–Crippen MR) is 64.3 cm³/mol. The number of benzene rings is 1. The molecule has 0 aliphatic carbocycles. The largest absolute Gasteiger partial charge is 1.00 e. The summed E-state index contributed by atoms with van der Waals surface area (Å²) in [5, 5.41) is 0. The van der Waals surface area contributed by atoms with Crippen LogP contribution in [0.3, 0.4) is 0 Å². The van der Waals surface area contributed by atoms with E-state index < -0.39 is 0 Å². The first-order valence-electron chi connectivity index (χ1n) is 5.72. The minimum absolute atomic E-state index is 0. The summed E-state index contributed by atoms with van der Waals surface area (Å²) in [5.74, 6) is 1.75. The fourth-order valence-electron chi connectivity index (χ4n) is 1.74. The molecule has 0 bridgehead atoms. The van der Waals surface area contributed by atoms with E-state index in [4.69, 9.17) is 9.47 Å². The first kappa shape index (κ1) is 14.1. The molecule has 1 aliphatic rings. The Balaban J connectivity index is 0.00000144. The van der Waals surface area contributed by atoms with E-state index in [0.29, 0.717) is 19.3 Å². The van der Waals surface area contributed by atoms with E-state index >= 15 is 0 Å². The first-order valence-corrected chi connectivity index (χ1v) is 5.72. The first-order chi connectivity index (χ1) is 7.66. The van der Waals surface area contributed by atoms with Crippen LogP contribution in [0.15, 0.2) is 18.2 Å². The van der Waals surface area contributed by atoms with Crippen LogP contribution >= 0.6 is 0 Å². The quantitative estimate of drug-likeness (QED) is 0.689. The van der Waals surface area contributed by atoms with Crippen LogP contribution in [0.4, 0.5) is 0 Å². The number of nitrogens with zero attached hydrogens (tertiary/aromatic N) is 1. The number of rotatable bonds is 3. The monoisotopic (exact) mass is 256 g/mol. The van der Waals surface area contributed by atoms with Crippen LogP contribution in [-0.4, -0.2) is 38.3 Å². The molecule has 4 heteroatoms. The van der Waals surface area contributed by atoms with Crippen LogP contribution in [0.1, 0.15) is 12.5 Å². The predicted octanol–water partition coefficient (Wildman–Crippen LogP) is -1.05. The molecule has 0 fully saturated rings. The molecule has 3 nitrogen and oxygen atoms in total. The normalized spacial score (nSPS) is 15.3. The van der Waals surface area contributed by atoms with Crippen molar-refractivity contribution in [3.05, 3.63) is 23.8 Å². The van der Waals surface area contributed by atoms with Crippen LogP contribution in [0.2, 0.25) is 0 Å². The van der Waals surface area contributed by atoms with Crippen LogP contribution in [-0.2, 0) is 6.42 Å². The summed E-state index contributed by atoms with van der Waals surface area (Å²) in [6.45, 7) is 3.52. The number of halogens is 1. The van der Waals surface area contributed by atoms with E-state index in [9.17, 15) is 0 Å². The van der Waals surface area contributed by atoms with Gasteiger partial charge in [0.15, 0.2) is 11.5 Å². The second-order valence-corrected chi connectivity index (χ2v) is 4.49. The average molecular weight is 257 g/mol. The van der Waals surface area contributed by atoms with E-state index in [0.717, 1.165) is 17.9 Å². The van der Waals surface area contributed by atoms with Gasteiger partial charge in [0.1, 0.15) is 13.2 Å². The highest BCUT2D eigenvalue weighted by Crippen LogP contribution is 2.31. The third-order valence-corrected chi connectivity index (χ3v) is 3.02. The molecule has 1 unspecified atom stereocenters. The van der Waals surface area contributed by atoms with Crippen molar-refractivity contribution >= 4 is 0 Å². The Morgan fingerprint density at radius 2 is 1.82 bits per heavy atom. The Labute approximate surface area is 109 Å². The zero-order valence-electron chi connectivity index (χ0n) is 10.6. The molecule has 17 heavy (non-hydrogen) atoms. The van der Waals surface area contributed by atoms with Gasteiger partial charge in [0, 0.05) is 6.04 Å². The molecule has 0 aromatic heterocycles. The smallest absolute Gasteiger partial charge is 0.161 e. The highest BCUT2D eigenvalue weighted by Gasteiger charge is 2.13. The Morgan fingerprint density at radius 3 is 2.47 bits per heavy atom. The topological polar surface area (TPSA) is 21.7 Å². The summed E-state index contributed by atoms with van der Waals surface area (Å²) in [7, 11) is 4.20. The lowest BCUT2D eigenvalue weighted by Crippen LogP contribution is -3.00. The van der Waals surface area contributed by atoms with Gasteiger partial charge in [-0.15, -0.1) is 0 Å². The second-order valence-electron chi connectivity index (χ2n) is 4.49. The molecule has 0 amide bonds. The fraction of sp³-hybridized carbons (Fsp3) is 0.538. The van der Waals surface area contributed by atoms with E-state index in [-0.39, 0.29) is 12.4 Å². The molecule has 2 rings (SSSR count). The molecular formula is C13H19ClNO2-. The number of hydrogen-bond donors (Lipinski definition) is 0. The standard InChI is InChI=1S/C13H19NO2.ClH/c1-10(14(2)3)8-11-4-5-12-13(9-11)16-7-6-15-12;/h4-5,9-10H,6-8H2,1-3H3;1H/p-1. The summed E-state index contributed by atoms with van der Waals surface area (Å²) < 4.78 is 11.1. The molecule has 0 N–H and O–H groups in total. The van der Waals surface area contributed by atoms with E-state index in [1.165, 1.54) is 5.56 Å². The van der Waals surface area contributed by atoms with Crippen molar-refractivity contribution in [2.45, 2.75) is 19.4 Å². The van der Waals surface area contributed by atoms with Gasteiger partial charge in [-0.3, -0.25) is 0 Å². The summed E-state index contributed by atoms with van der Waals surface area (Å²) in [6.07, 6.45) is 1.03. The number of hydrogen-bond acceptors (Lipinski definition) is 3. The van der Waals surface area contributed by atoms with Gasteiger partial charge in [-0.25, -0.2) is 0 Å². The molecule has 1 aromatic rings. The summed E-state index contributed by atoms with van der Waals surface area (Å²) in [5.41, 5.74) is 1.30. The van der Waals surface area contributed by atoms with Crippen molar-refractivity contribution in [1.29, 1.82) is 0 Å². The van der Waals surface area contributed by atoms with Crippen LogP contribution in [0.5, 0.6) is 11.5 Å². The van der Waals surface area contributed by atoms with Crippen LogP contribution in [0, 0.1) is 0 Å². The van der Waals surface area contributed by atoms with Crippen LogP contribution in [0.25, 0.3) is 0 Å². The van der Waals surface area contributed by atoms with E-state index in [2.05, 4.69) is 38.1 Å². The lowest BCUT2D eigenvalue weighted by molar-refractivity contribution is -0.00000408. The zero-order valence-corrected chi connectivity index (χ0v) is 11.3. The van der Waals surface area contributed by atoms with Gasteiger partial charge in [0.05, 0.1) is 0 Å². The number of likely N-dealkylation sites (N-methyl/N-ethyl adjacent to an activating group) is 1. The van der Waals surface area contributed by atoms with E-state index in [1.807, 2.05) is 6.07 Å². The van der Waals surface area contributed by atoms with Gasteiger partial charge in [-0.2, -0.15) is 0 Å². The van der Waals surface area contributed by atoms with Crippen molar-refractivity contribution in [1.82, 2.24) is 4.90 Å². The van der Waals surface area contributed by atoms with Gasteiger partial charge in [0.25, 0.3) is 0 Å². The molecular weight excluding hydrogens is 238 g/mol. The molecule has 96 valence electrons. The maximum Gasteiger partial charge on any atom is 0.161 e. The Morgan fingerprint density at radius 1 is 1.18 bits per heavy atom. The van der Waals surface area contributed by atoms with Gasteiger partial charge >= 0.3 is 0 Å². The lowest BCUT2D eigenvalue weighted by atomic mass is 10.1. The van der Waals surface area contributed by atoms with Gasteiger partial charge < -0.3 is 26.8 Å². The highest BCUT2D eigenvalue weighted by atomic mass is 35.5. The molecule has 0 spiro atoms. The SMILES string of the molecule is CC(Cc1ccc2c(c1)OCCO2)N(C)C.[Cl-]. The molecule has 1 heterocycles. The summed E-state index contributed by atoms with van der Waals surface area (Å²) >= 11 is 0. The average Bonchev–Trinajstić information content (AvgIpc) is 2.28. The fourth-order valence-corrected chi connectivity index (χ4v) is 1.74. The zero-order chi connectivity index (χ0) is 11.5. The number of ether oxygens (including phenoxy) is 2. The van der Waals surface area contributed by atoms with Gasteiger partial charge in [-0.1, -0.05) is 6.07 Å². The summed E-state index contributed by atoms with van der Waals surface area (Å²) in [6, 6.07) is 6.75. The van der Waals surface area contributed by atoms with Crippen molar-refractivity contribution in [2.75, 3.05) is 27.3 Å². The molecule has 1 aromatic carbocycles. The Bertz CT molecular complexity index is 368. The van der Waals surface area contributed by atoms with Crippen molar-refractivity contribution in [2.24, 2.45) is 0 Å². The third-order valence-electron chi connectivity index (χ3n) is 3.02. The maximum absolute atomic E-state index is 5.57. The molecule has 0 radical (unpaired) electrons.